The number of carbonyl (C=O) groups is 2. The van der Waals surface area contributed by atoms with Crippen LogP contribution >= 0.6 is 0 Å². The van der Waals surface area contributed by atoms with Gasteiger partial charge < -0.3 is 30.0 Å². The van der Waals surface area contributed by atoms with Gasteiger partial charge in [-0.1, -0.05) is 89.9 Å². The summed E-state index contributed by atoms with van der Waals surface area (Å²) in [6.07, 6.45) is 37.9. The van der Waals surface area contributed by atoms with Gasteiger partial charge in [0.15, 0.2) is 0 Å². The first kappa shape index (κ1) is 51.0. The molecule has 0 aliphatic rings. The molecule has 0 saturated carbocycles. The van der Waals surface area contributed by atoms with Gasteiger partial charge in [-0.2, -0.15) is 0 Å². The number of rotatable bonds is 36. The smallest absolute Gasteiger partial charge is 0.0431 e. The van der Waals surface area contributed by atoms with Crippen molar-refractivity contribution in [3.63, 3.8) is 0 Å². The fourth-order valence-electron chi connectivity index (χ4n) is 5.42. The van der Waals surface area contributed by atoms with Crippen LogP contribution in [0.4, 0.5) is 0 Å². The molecule has 0 aliphatic carbocycles. The zero-order valence-electron chi connectivity index (χ0n) is 31.5. The zero-order chi connectivity index (χ0) is 35.3. The van der Waals surface area contributed by atoms with Crippen molar-refractivity contribution >= 4 is 33.1 Å². The SMILES string of the molecule is CCCCCCC[CH2][Sn+2][CH2]CCCCCCC.O=C([O-])CCCCCCCCCCCO.O=C([O-])CCCCCCCCCCCO. The third-order valence-corrected chi connectivity index (χ3v) is 12.5. The van der Waals surface area contributed by atoms with Crippen LogP contribution in [0.1, 0.15) is 219 Å². The van der Waals surface area contributed by atoms with Gasteiger partial charge in [-0.05, 0) is 38.5 Å². The molecule has 47 heavy (non-hydrogen) atoms. The maximum absolute atomic E-state index is 10.1. The van der Waals surface area contributed by atoms with Crippen LogP contribution in [0.2, 0.25) is 8.87 Å². The van der Waals surface area contributed by atoms with Crippen LogP contribution in [0.25, 0.3) is 0 Å². The summed E-state index contributed by atoms with van der Waals surface area (Å²) in [5.41, 5.74) is 0. The van der Waals surface area contributed by atoms with Gasteiger partial charge in [0, 0.05) is 25.2 Å². The van der Waals surface area contributed by atoms with E-state index in [9.17, 15) is 19.8 Å². The minimum Gasteiger partial charge on any atom is -0.550 e. The molecule has 0 fully saturated rings. The van der Waals surface area contributed by atoms with Crippen LogP contribution in [-0.2, 0) is 9.59 Å². The average molecular weight is 776 g/mol. The predicted octanol–water partition coefficient (Wildman–Crippen LogP) is 9.51. The van der Waals surface area contributed by atoms with E-state index in [1.807, 2.05) is 0 Å². The zero-order valence-corrected chi connectivity index (χ0v) is 34.3. The first-order chi connectivity index (χ1) is 23.0. The van der Waals surface area contributed by atoms with Gasteiger partial charge >= 0.3 is 121 Å². The topological polar surface area (TPSA) is 121 Å². The van der Waals surface area contributed by atoms with E-state index in [0.29, 0.717) is 13.2 Å². The average Bonchev–Trinajstić information content (AvgIpc) is 3.05. The Kier molecular flexibility index (Phi) is 54.3. The number of carboxylic acids is 2. The standard InChI is InChI=1S/2C12H24O3.2C8H17.Sn/c2*13-11-9-7-5-3-1-2-4-6-8-10-12(14)15;2*1-3-5-7-8-6-4-2;/h2*13H,1-11H2,(H,14,15);2*1,3-8H2,2H3;/q;;;;+2/p-2. The van der Waals surface area contributed by atoms with Gasteiger partial charge in [0.05, 0.1) is 0 Å². The van der Waals surface area contributed by atoms with E-state index in [1.165, 1.54) is 116 Å². The second kappa shape index (κ2) is 50.0. The molecule has 0 heterocycles. The van der Waals surface area contributed by atoms with Crippen molar-refractivity contribution in [1.29, 1.82) is 0 Å². The summed E-state index contributed by atoms with van der Waals surface area (Å²) in [7, 11) is 0. The molecule has 0 bridgehead atoms. The summed E-state index contributed by atoms with van der Waals surface area (Å²) in [5, 5.41) is 37.3. The normalized spacial score (nSPS) is 10.5. The van der Waals surface area contributed by atoms with E-state index >= 15 is 0 Å². The van der Waals surface area contributed by atoms with Gasteiger partial charge in [-0.25, -0.2) is 0 Å². The van der Waals surface area contributed by atoms with Crippen molar-refractivity contribution < 1.29 is 30.0 Å². The number of hydrogen-bond donors (Lipinski definition) is 2. The maximum Gasteiger partial charge on any atom is 0.0431 e. The molecule has 0 spiro atoms. The molecule has 0 rings (SSSR count). The first-order valence-electron chi connectivity index (χ1n) is 20.3. The minimum atomic E-state index is -0.931. The minimum absolute atomic E-state index is 0.0736. The van der Waals surface area contributed by atoms with E-state index in [4.69, 9.17) is 10.2 Å². The Morgan fingerprint density at radius 3 is 0.872 bits per heavy atom. The Balaban J connectivity index is -0.000000620. The van der Waals surface area contributed by atoms with E-state index in [1.54, 1.807) is 21.7 Å². The van der Waals surface area contributed by atoms with Gasteiger partial charge in [-0.3, -0.25) is 0 Å². The maximum atomic E-state index is 10.1. The quantitative estimate of drug-likeness (QED) is 0.0483. The molecule has 7 heteroatoms. The summed E-state index contributed by atoms with van der Waals surface area (Å²) >= 11 is 0.0736. The molecule has 280 valence electrons. The third-order valence-electron chi connectivity index (χ3n) is 8.49. The summed E-state index contributed by atoms with van der Waals surface area (Å²) in [4.78, 5) is 20.2. The number of carbonyl (C=O) groups excluding carboxylic acids is 2. The Hall–Kier alpha value is -0.341. The monoisotopic (exact) mass is 776 g/mol. The second-order valence-corrected chi connectivity index (χ2v) is 17.6. The third kappa shape index (κ3) is 61.4. The van der Waals surface area contributed by atoms with Gasteiger partial charge in [0.2, 0.25) is 0 Å². The fraction of sp³-hybridized carbons (Fsp3) is 0.950. The largest absolute Gasteiger partial charge is 0.550 e. The molecule has 0 saturated heterocycles. The molecule has 2 N–H and O–H groups in total. The van der Waals surface area contributed by atoms with E-state index < -0.39 is 11.9 Å². The molecule has 0 aromatic heterocycles. The molecule has 0 aromatic carbocycles. The second-order valence-electron chi connectivity index (χ2n) is 13.3. The Bertz CT molecular complexity index is 527. The van der Waals surface area contributed by atoms with Gasteiger partial charge in [0.1, 0.15) is 0 Å². The molecule has 6 nitrogen and oxygen atoms in total. The Labute approximate surface area is 303 Å². The van der Waals surface area contributed by atoms with Crippen LogP contribution in [0.5, 0.6) is 0 Å². The number of hydrogen-bond acceptors (Lipinski definition) is 6. The van der Waals surface area contributed by atoms with Crippen molar-refractivity contribution in [2.75, 3.05) is 13.2 Å². The summed E-state index contributed by atoms with van der Waals surface area (Å²) in [6.45, 7) is 5.22. The van der Waals surface area contributed by atoms with Crippen LogP contribution in [0.15, 0.2) is 0 Å². The molecular formula is C40H80O6Sn. The van der Waals surface area contributed by atoms with Gasteiger partial charge in [-0.15, -0.1) is 0 Å². The van der Waals surface area contributed by atoms with Crippen LogP contribution in [0, 0.1) is 0 Å². The van der Waals surface area contributed by atoms with Crippen molar-refractivity contribution in [3.05, 3.63) is 0 Å². The van der Waals surface area contributed by atoms with E-state index in [2.05, 4.69) is 13.8 Å². The van der Waals surface area contributed by atoms with Crippen LogP contribution < -0.4 is 10.2 Å². The molecule has 0 unspecified atom stereocenters. The molecule has 0 aliphatic heterocycles. The number of carboxylic acid groups (broad SMARTS) is 2. The van der Waals surface area contributed by atoms with E-state index in [-0.39, 0.29) is 34.0 Å². The number of unbranched alkanes of at least 4 members (excludes halogenated alkanes) is 26. The van der Waals surface area contributed by atoms with Crippen molar-refractivity contribution in [1.82, 2.24) is 0 Å². The summed E-state index contributed by atoms with van der Waals surface area (Å²) in [5.74, 6) is -1.86. The molecule has 0 aromatic rings. The Morgan fingerprint density at radius 1 is 0.383 bits per heavy atom. The molecule has 0 amide bonds. The van der Waals surface area contributed by atoms with E-state index in [0.717, 1.165) is 64.2 Å². The van der Waals surface area contributed by atoms with Crippen molar-refractivity contribution in [3.8, 4) is 0 Å². The van der Waals surface area contributed by atoms with Crippen LogP contribution in [-0.4, -0.2) is 56.5 Å². The first-order valence-corrected chi connectivity index (χ1v) is 24.3. The summed E-state index contributed by atoms with van der Waals surface area (Å²) in [6, 6.07) is 0. The van der Waals surface area contributed by atoms with Crippen molar-refractivity contribution in [2.45, 2.75) is 228 Å². The van der Waals surface area contributed by atoms with Crippen LogP contribution in [0.3, 0.4) is 0 Å². The molecule has 0 radical (unpaired) electrons. The number of aliphatic carboxylic acids is 2. The predicted molar refractivity (Wildman–Crippen MR) is 199 cm³/mol. The number of aliphatic hydroxyl groups excluding tert-OH is 2. The molecule has 0 atom stereocenters. The molecular weight excluding hydrogens is 695 g/mol. The Morgan fingerprint density at radius 2 is 0.617 bits per heavy atom. The van der Waals surface area contributed by atoms with Gasteiger partial charge in [0.25, 0.3) is 0 Å². The fourth-order valence-corrected chi connectivity index (χ4v) is 8.99. The summed E-state index contributed by atoms with van der Waals surface area (Å²) < 4.78 is 3.31. The number of aliphatic hydroxyl groups is 2. The van der Waals surface area contributed by atoms with Crippen molar-refractivity contribution in [2.24, 2.45) is 0 Å².